The number of aromatic nitrogens is 1. The van der Waals surface area contributed by atoms with Crippen molar-refractivity contribution in [1.82, 2.24) is 15.2 Å². The highest BCUT2D eigenvalue weighted by atomic mass is 19.4. The van der Waals surface area contributed by atoms with Crippen molar-refractivity contribution in [2.45, 2.75) is 38.9 Å². The van der Waals surface area contributed by atoms with E-state index in [4.69, 9.17) is 9.90 Å². The lowest BCUT2D eigenvalue weighted by atomic mass is 10.0. The number of carboxylic acids is 1. The van der Waals surface area contributed by atoms with Gasteiger partial charge < -0.3 is 20.6 Å². The van der Waals surface area contributed by atoms with Crippen LogP contribution in [0, 0.1) is 11.3 Å². The van der Waals surface area contributed by atoms with E-state index in [1.807, 2.05) is 41.3 Å². The van der Waals surface area contributed by atoms with Gasteiger partial charge in [-0.05, 0) is 48.6 Å². The molecule has 11 heteroatoms. The summed E-state index contributed by atoms with van der Waals surface area (Å²) in [7, 11) is 0. The maximum Gasteiger partial charge on any atom is 0.490 e. The predicted molar refractivity (Wildman–Crippen MR) is 121 cm³/mol. The summed E-state index contributed by atoms with van der Waals surface area (Å²) >= 11 is 0. The molecule has 1 aliphatic heterocycles. The zero-order chi connectivity index (χ0) is 25.6. The second kappa shape index (κ2) is 10.7. The van der Waals surface area contributed by atoms with Crippen LogP contribution in [0.1, 0.15) is 30.9 Å². The molecule has 1 spiro atoms. The molecule has 2 heterocycles. The third-order valence-electron chi connectivity index (χ3n) is 6.22. The first-order chi connectivity index (χ1) is 16.5. The Labute approximate surface area is 200 Å². The molecule has 2 fully saturated rings. The van der Waals surface area contributed by atoms with Crippen molar-refractivity contribution < 1.29 is 32.7 Å². The molecule has 1 aliphatic carbocycles. The highest BCUT2D eigenvalue weighted by Gasteiger charge is 2.61. The molecule has 1 aromatic carbocycles. The van der Waals surface area contributed by atoms with Crippen molar-refractivity contribution in [2.75, 3.05) is 18.4 Å². The van der Waals surface area contributed by atoms with Crippen LogP contribution < -0.4 is 10.6 Å². The molecule has 1 saturated carbocycles. The van der Waals surface area contributed by atoms with Gasteiger partial charge in [-0.1, -0.05) is 25.1 Å². The van der Waals surface area contributed by atoms with Gasteiger partial charge in [0, 0.05) is 49.0 Å². The smallest absolute Gasteiger partial charge is 0.475 e. The molecule has 1 saturated heterocycles. The third-order valence-corrected chi connectivity index (χ3v) is 6.22. The quantitative estimate of drug-likeness (QED) is 0.587. The van der Waals surface area contributed by atoms with Crippen LogP contribution in [0.25, 0.3) is 0 Å². The van der Waals surface area contributed by atoms with E-state index in [0.29, 0.717) is 19.6 Å². The van der Waals surface area contributed by atoms with E-state index in [1.54, 1.807) is 12.4 Å². The summed E-state index contributed by atoms with van der Waals surface area (Å²) in [5.41, 5.74) is 3.01. The number of rotatable bonds is 5. The molecule has 188 valence electrons. The number of alkyl halides is 3. The normalized spacial score (nSPS) is 20.6. The number of urea groups is 1. The zero-order valence-electron chi connectivity index (χ0n) is 19.1. The Balaban J connectivity index is 0.000000429. The van der Waals surface area contributed by atoms with Gasteiger partial charge in [0.25, 0.3) is 0 Å². The molecular formula is C24H27F3N4O4. The minimum Gasteiger partial charge on any atom is -0.475 e. The minimum absolute atomic E-state index is 0.00538. The van der Waals surface area contributed by atoms with Crippen LogP contribution in [0.5, 0.6) is 0 Å². The number of halogens is 3. The second-order valence-electron chi connectivity index (χ2n) is 8.65. The molecule has 1 aromatic heterocycles. The lowest BCUT2D eigenvalue weighted by Crippen LogP contribution is -2.34. The highest BCUT2D eigenvalue weighted by Crippen LogP contribution is 2.58. The number of anilines is 1. The van der Waals surface area contributed by atoms with E-state index in [1.165, 1.54) is 5.56 Å². The number of carbonyl (C=O) groups is 3. The fraction of sp³-hybridized carbons (Fsp3) is 0.417. The number of amides is 3. The Morgan fingerprint density at radius 3 is 2.43 bits per heavy atom. The fourth-order valence-corrected chi connectivity index (χ4v) is 4.08. The topological polar surface area (TPSA) is 112 Å². The van der Waals surface area contributed by atoms with Crippen molar-refractivity contribution in [2.24, 2.45) is 11.3 Å². The van der Waals surface area contributed by atoms with E-state index in [9.17, 15) is 22.8 Å². The Morgan fingerprint density at radius 1 is 1.17 bits per heavy atom. The lowest BCUT2D eigenvalue weighted by Gasteiger charge is -2.18. The van der Waals surface area contributed by atoms with Crippen molar-refractivity contribution in [1.29, 1.82) is 0 Å². The number of aliphatic carboxylic acids is 1. The minimum atomic E-state index is -5.08. The molecule has 2 unspecified atom stereocenters. The Bertz CT molecular complexity index is 1050. The van der Waals surface area contributed by atoms with Crippen LogP contribution in [0.15, 0.2) is 48.8 Å². The Morgan fingerprint density at radius 2 is 1.86 bits per heavy atom. The van der Waals surface area contributed by atoms with E-state index < -0.39 is 12.1 Å². The van der Waals surface area contributed by atoms with Crippen molar-refractivity contribution >= 4 is 23.6 Å². The first kappa shape index (κ1) is 26.0. The SMILES string of the molecule is CCc1ccc(NC(=O)N2CCC3(CC3C(=O)NCc3cccnc3)C2)cc1.O=C(O)C(F)(F)F. The number of nitrogens with zero attached hydrogens (tertiary/aromatic N) is 2. The molecule has 4 rings (SSSR count). The number of benzene rings is 1. The lowest BCUT2D eigenvalue weighted by molar-refractivity contribution is -0.192. The predicted octanol–water partition coefficient (Wildman–Crippen LogP) is 3.84. The van der Waals surface area contributed by atoms with E-state index in [0.717, 1.165) is 30.5 Å². The summed E-state index contributed by atoms with van der Waals surface area (Å²) in [5.74, 6) is -2.67. The van der Waals surface area contributed by atoms with E-state index >= 15 is 0 Å². The van der Waals surface area contributed by atoms with Gasteiger partial charge in [-0.2, -0.15) is 13.2 Å². The molecule has 0 bridgehead atoms. The van der Waals surface area contributed by atoms with Crippen LogP contribution >= 0.6 is 0 Å². The van der Waals surface area contributed by atoms with Gasteiger partial charge in [0.2, 0.25) is 5.91 Å². The summed E-state index contributed by atoms with van der Waals surface area (Å²) in [6, 6.07) is 11.7. The summed E-state index contributed by atoms with van der Waals surface area (Å²) in [5, 5.41) is 13.1. The van der Waals surface area contributed by atoms with Gasteiger partial charge in [-0.15, -0.1) is 0 Å². The average Bonchev–Trinajstić information content (AvgIpc) is 3.37. The standard InChI is InChI=1S/C22H26N4O2.C2HF3O2/c1-2-16-5-7-18(8-6-16)25-21(28)26-11-9-22(15-26)12-19(22)20(27)24-14-17-4-3-10-23-13-17;3-2(4,5)1(6)7/h3-8,10,13,19H,2,9,11-12,14-15H2,1H3,(H,24,27)(H,25,28);(H,6,7). The Hall–Kier alpha value is -3.63. The molecule has 2 aliphatic rings. The molecular weight excluding hydrogens is 465 g/mol. The van der Waals surface area contributed by atoms with Crippen LogP contribution in [-0.4, -0.2) is 52.2 Å². The number of likely N-dealkylation sites (tertiary alicyclic amines) is 1. The molecule has 2 atom stereocenters. The van der Waals surface area contributed by atoms with Crippen LogP contribution in [0.4, 0.5) is 23.7 Å². The number of aryl methyl sites for hydroxylation is 1. The number of nitrogens with one attached hydrogen (secondary N) is 2. The van der Waals surface area contributed by atoms with Crippen molar-refractivity contribution in [3.8, 4) is 0 Å². The number of hydrogen-bond acceptors (Lipinski definition) is 4. The zero-order valence-corrected chi connectivity index (χ0v) is 19.1. The largest absolute Gasteiger partial charge is 0.490 e. The van der Waals surface area contributed by atoms with E-state index in [-0.39, 0.29) is 23.3 Å². The molecule has 8 nitrogen and oxygen atoms in total. The maximum atomic E-state index is 12.6. The van der Waals surface area contributed by atoms with Gasteiger partial charge in [0.15, 0.2) is 0 Å². The number of pyridine rings is 1. The Kier molecular flexibility index (Phi) is 7.98. The molecule has 35 heavy (non-hydrogen) atoms. The summed E-state index contributed by atoms with van der Waals surface area (Å²) < 4.78 is 31.7. The third kappa shape index (κ3) is 6.93. The fourth-order valence-electron chi connectivity index (χ4n) is 4.08. The van der Waals surface area contributed by atoms with Crippen molar-refractivity contribution in [3.63, 3.8) is 0 Å². The number of carboxylic acid groups (broad SMARTS) is 1. The average molecular weight is 492 g/mol. The summed E-state index contributed by atoms with van der Waals surface area (Å²) in [6.07, 6.45) is 1.13. The van der Waals surface area contributed by atoms with Gasteiger partial charge in [0.1, 0.15) is 0 Å². The molecule has 3 amide bonds. The van der Waals surface area contributed by atoms with Gasteiger partial charge >= 0.3 is 18.2 Å². The second-order valence-corrected chi connectivity index (χ2v) is 8.65. The van der Waals surface area contributed by atoms with Crippen LogP contribution in [0.3, 0.4) is 0 Å². The summed E-state index contributed by atoms with van der Waals surface area (Å²) in [6.45, 7) is 3.95. The van der Waals surface area contributed by atoms with Crippen molar-refractivity contribution in [3.05, 3.63) is 59.9 Å². The van der Waals surface area contributed by atoms with Gasteiger partial charge in [-0.3, -0.25) is 9.78 Å². The summed E-state index contributed by atoms with van der Waals surface area (Å²) in [4.78, 5) is 39.9. The number of carbonyl (C=O) groups excluding carboxylic acids is 2. The first-order valence-corrected chi connectivity index (χ1v) is 11.2. The molecule has 3 N–H and O–H groups in total. The highest BCUT2D eigenvalue weighted by molar-refractivity contribution is 5.90. The van der Waals surface area contributed by atoms with Crippen LogP contribution in [0.2, 0.25) is 0 Å². The maximum absolute atomic E-state index is 12.6. The molecule has 0 radical (unpaired) electrons. The monoisotopic (exact) mass is 492 g/mol. The van der Waals surface area contributed by atoms with Gasteiger partial charge in [0.05, 0.1) is 0 Å². The first-order valence-electron chi connectivity index (χ1n) is 11.2. The van der Waals surface area contributed by atoms with E-state index in [2.05, 4.69) is 22.5 Å². The number of hydrogen-bond donors (Lipinski definition) is 3. The molecule has 2 aromatic rings. The van der Waals surface area contributed by atoms with Crippen LogP contribution in [-0.2, 0) is 22.6 Å². The van der Waals surface area contributed by atoms with Gasteiger partial charge in [-0.25, -0.2) is 9.59 Å².